The Hall–Kier alpha value is -2.12. The molecule has 0 saturated carbocycles. The van der Waals surface area contributed by atoms with Gasteiger partial charge < -0.3 is 9.88 Å². The summed E-state index contributed by atoms with van der Waals surface area (Å²) in [6, 6.07) is 17.1. The highest BCUT2D eigenvalue weighted by atomic mass is 79.9. The lowest BCUT2D eigenvalue weighted by atomic mass is 10.2. The van der Waals surface area contributed by atoms with E-state index >= 15 is 0 Å². The summed E-state index contributed by atoms with van der Waals surface area (Å²) in [5.74, 6) is 1.42. The Balaban J connectivity index is 1.64. The lowest BCUT2D eigenvalue weighted by Gasteiger charge is -2.13. The zero-order chi connectivity index (χ0) is 18.5. The number of carbonyl (C=O) groups is 1. The van der Waals surface area contributed by atoms with Crippen molar-refractivity contribution in [3.8, 4) is 0 Å². The first-order valence-corrected chi connectivity index (χ1v) is 9.95. The molecule has 5 nitrogen and oxygen atoms in total. The van der Waals surface area contributed by atoms with E-state index in [1.54, 1.807) is 23.9 Å². The molecule has 1 heterocycles. The van der Waals surface area contributed by atoms with E-state index in [2.05, 4.69) is 43.6 Å². The molecular formula is C19H19BrN4OS. The van der Waals surface area contributed by atoms with Crippen LogP contribution in [0.4, 0.5) is 0 Å². The Kier molecular flexibility index (Phi) is 6.11. The van der Waals surface area contributed by atoms with Gasteiger partial charge in [0.1, 0.15) is 0 Å². The fraction of sp³-hybridized carbons (Fsp3) is 0.211. The molecule has 0 spiro atoms. The summed E-state index contributed by atoms with van der Waals surface area (Å²) >= 11 is 5.06. The smallest absolute Gasteiger partial charge is 0.251 e. The van der Waals surface area contributed by atoms with Crippen LogP contribution in [0.5, 0.6) is 0 Å². The molecule has 1 atom stereocenters. The van der Waals surface area contributed by atoms with Crippen molar-refractivity contribution in [2.45, 2.75) is 23.9 Å². The summed E-state index contributed by atoms with van der Waals surface area (Å²) in [6.07, 6.45) is 0. The summed E-state index contributed by atoms with van der Waals surface area (Å²) in [5.41, 5.74) is 1.85. The Bertz CT molecular complexity index is 880. The SMILES string of the molecule is CC(NC(=O)c1ccccc1)c1nnc(SCc2ccc(Br)cc2)n1C. The highest BCUT2D eigenvalue weighted by Crippen LogP contribution is 2.24. The fourth-order valence-electron chi connectivity index (χ4n) is 2.49. The van der Waals surface area contributed by atoms with Crippen molar-refractivity contribution in [2.75, 3.05) is 0 Å². The van der Waals surface area contributed by atoms with E-state index in [4.69, 9.17) is 0 Å². The van der Waals surface area contributed by atoms with Crippen LogP contribution in [-0.2, 0) is 12.8 Å². The molecule has 3 aromatic rings. The van der Waals surface area contributed by atoms with Gasteiger partial charge in [0.2, 0.25) is 0 Å². The standard InChI is InChI=1S/C19H19BrN4OS/c1-13(21-18(25)15-6-4-3-5-7-15)17-22-23-19(24(17)2)26-12-14-8-10-16(20)11-9-14/h3-11,13H,12H2,1-2H3,(H,21,25). The van der Waals surface area contributed by atoms with Crippen LogP contribution in [0.1, 0.15) is 34.7 Å². The van der Waals surface area contributed by atoms with Gasteiger partial charge in [-0.3, -0.25) is 4.79 Å². The second-order valence-corrected chi connectivity index (χ2v) is 7.73. The maximum Gasteiger partial charge on any atom is 0.251 e. The van der Waals surface area contributed by atoms with Gasteiger partial charge in [0.05, 0.1) is 6.04 Å². The Morgan fingerprint density at radius 2 is 1.85 bits per heavy atom. The van der Waals surface area contributed by atoms with Gasteiger partial charge in [-0.25, -0.2) is 0 Å². The number of carbonyl (C=O) groups excluding carboxylic acids is 1. The third-order valence-corrected chi connectivity index (χ3v) is 5.54. The number of benzene rings is 2. The fourth-order valence-corrected chi connectivity index (χ4v) is 3.63. The summed E-state index contributed by atoms with van der Waals surface area (Å²) in [6.45, 7) is 1.91. The average molecular weight is 431 g/mol. The number of nitrogens with one attached hydrogen (secondary N) is 1. The van der Waals surface area contributed by atoms with Crippen molar-refractivity contribution in [2.24, 2.45) is 7.05 Å². The van der Waals surface area contributed by atoms with Gasteiger partial charge in [0.25, 0.3) is 5.91 Å². The summed E-state index contributed by atoms with van der Waals surface area (Å²) < 4.78 is 3.00. The van der Waals surface area contributed by atoms with Gasteiger partial charge in [-0.15, -0.1) is 10.2 Å². The van der Waals surface area contributed by atoms with Gasteiger partial charge in [-0.1, -0.05) is 58.0 Å². The van der Waals surface area contributed by atoms with Crippen molar-refractivity contribution in [3.63, 3.8) is 0 Å². The van der Waals surface area contributed by atoms with E-state index in [0.717, 1.165) is 21.2 Å². The Morgan fingerprint density at radius 3 is 2.54 bits per heavy atom. The molecule has 0 aliphatic carbocycles. The number of hydrogen-bond donors (Lipinski definition) is 1. The van der Waals surface area contributed by atoms with E-state index in [1.165, 1.54) is 5.56 Å². The van der Waals surface area contributed by atoms with Crippen LogP contribution in [0, 0.1) is 0 Å². The van der Waals surface area contributed by atoms with E-state index in [1.807, 2.05) is 48.9 Å². The summed E-state index contributed by atoms with van der Waals surface area (Å²) in [5, 5.41) is 12.3. The predicted octanol–water partition coefficient (Wildman–Crippen LogP) is 4.36. The minimum atomic E-state index is -0.234. The number of thioether (sulfide) groups is 1. The van der Waals surface area contributed by atoms with Crippen LogP contribution < -0.4 is 5.32 Å². The molecule has 7 heteroatoms. The van der Waals surface area contributed by atoms with Gasteiger partial charge in [0.15, 0.2) is 11.0 Å². The minimum absolute atomic E-state index is 0.120. The zero-order valence-corrected chi connectivity index (χ0v) is 16.9. The lowest BCUT2D eigenvalue weighted by Crippen LogP contribution is -2.28. The first-order chi connectivity index (χ1) is 12.5. The molecule has 0 aliphatic rings. The number of hydrogen-bond acceptors (Lipinski definition) is 4. The molecule has 1 unspecified atom stereocenters. The van der Waals surface area contributed by atoms with Gasteiger partial charge >= 0.3 is 0 Å². The second kappa shape index (κ2) is 8.51. The first-order valence-electron chi connectivity index (χ1n) is 8.17. The van der Waals surface area contributed by atoms with E-state index in [-0.39, 0.29) is 11.9 Å². The molecule has 2 aromatic carbocycles. The third-order valence-electron chi connectivity index (χ3n) is 3.92. The molecule has 3 rings (SSSR count). The van der Waals surface area contributed by atoms with E-state index in [0.29, 0.717) is 5.56 Å². The number of aromatic nitrogens is 3. The maximum absolute atomic E-state index is 12.3. The van der Waals surface area contributed by atoms with Crippen LogP contribution >= 0.6 is 27.7 Å². The first kappa shape index (κ1) is 18.7. The monoisotopic (exact) mass is 430 g/mol. The van der Waals surface area contributed by atoms with Crippen molar-refractivity contribution in [3.05, 3.63) is 76.0 Å². The number of nitrogens with zero attached hydrogens (tertiary/aromatic N) is 3. The van der Waals surface area contributed by atoms with Crippen LogP contribution in [0.2, 0.25) is 0 Å². The Labute approximate surface area is 165 Å². The number of halogens is 1. The Morgan fingerprint density at radius 1 is 1.15 bits per heavy atom. The van der Waals surface area contributed by atoms with Crippen LogP contribution in [0.3, 0.4) is 0 Å². The minimum Gasteiger partial charge on any atom is -0.342 e. The maximum atomic E-state index is 12.3. The highest BCUT2D eigenvalue weighted by molar-refractivity contribution is 9.10. The van der Waals surface area contributed by atoms with Gasteiger partial charge in [0, 0.05) is 22.8 Å². The molecular weight excluding hydrogens is 412 g/mol. The van der Waals surface area contributed by atoms with E-state index < -0.39 is 0 Å². The molecule has 1 aromatic heterocycles. The molecule has 0 bridgehead atoms. The highest BCUT2D eigenvalue weighted by Gasteiger charge is 2.18. The van der Waals surface area contributed by atoms with Gasteiger partial charge in [-0.2, -0.15) is 0 Å². The molecule has 1 N–H and O–H groups in total. The molecule has 1 amide bonds. The van der Waals surface area contributed by atoms with E-state index in [9.17, 15) is 4.79 Å². The molecule has 0 radical (unpaired) electrons. The van der Waals surface area contributed by atoms with Gasteiger partial charge in [-0.05, 0) is 36.8 Å². The average Bonchev–Trinajstić information content (AvgIpc) is 3.02. The lowest BCUT2D eigenvalue weighted by molar-refractivity contribution is 0.0937. The quantitative estimate of drug-likeness (QED) is 0.590. The van der Waals surface area contributed by atoms with Crippen LogP contribution in [0.25, 0.3) is 0 Å². The van der Waals surface area contributed by atoms with Crippen molar-refractivity contribution < 1.29 is 4.79 Å². The van der Waals surface area contributed by atoms with Crippen molar-refractivity contribution >= 4 is 33.6 Å². The normalized spacial score (nSPS) is 12.0. The van der Waals surface area contributed by atoms with Crippen LogP contribution in [-0.4, -0.2) is 20.7 Å². The predicted molar refractivity (Wildman–Crippen MR) is 107 cm³/mol. The molecule has 26 heavy (non-hydrogen) atoms. The third kappa shape index (κ3) is 4.53. The summed E-state index contributed by atoms with van der Waals surface area (Å²) in [4.78, 5) is 12.3. The van der Waals surface area contributed by atoms with Crippen molar-refractivity contribution in [1.29, 1.82) is 0 Å². The second-order valence-electron chi connectivity index (χ2n) is 5.88. The summed E-state index contributed by atoms with van der Waals surface area (Å²) in [7, 11) is 1.92. The molecule has 0 fully saturated rings. The number of rotatable bonds is 6. The van der Waals surface area contributed by atoms with Crippen molar-refractivity contribution in [1.82, 2.24) is 20.1 Å². The molecule has 0 aliphatic heterocycles. The molecule has 0 saturated heterocycles. The zero-order valence-electron chi connectivity index (χ0n) is 14.5. The van der Waals surface area contributed by atoms with Crippen LogP contribution in [0.15, 0.2) is 64.2 Å². The molecule has 134 valence electrons. The number of amides is 1. The topological polar surface area (TPSA) is 59.8 Å². The largest absolute Gasteiger partial charge is 0.342 e.